The molecule has 7 aromatic rings. The van der Waals surface area contributed by atoms with E-state index in [2.05, 4.69) is 169 Å². The van der Waals surface area contributed by atoms with Gasteiger partial charge in [-0.05, 0) is 0 Å². The Kier molecular flexibility index (Phi) is 8.14. The maximum atomic E-state index is 14.1. The summed E-state index contributed by atoms with van der Waals surface area (Å²) in [7, 11) is 0. The van der Waals surface area contributed by atoms with Gasteiger partial charge in [-0.15, -0.1) is 0 Å². The van der Waals surface area contributed by atoms with E-state index in [0.717, 1.165) is 22.6 Å². The van der Waals surface area contributed by atoms with E-state index in [9.17, 15) is 4.39 Å². The average molecular weight is 642 g/mol. The predicted molar refractivity (Wildman–Crippen MR) is 190 cm³/mol. The van der Waals surface area contributed by atoms with Crippen molar-refractivity contribution < 1.29 is 4.39 Å². The van der Waals surface area contributed by atoms with Crippen LogP contribution in [0.2, 0.25) is 0 Å². The van der Waals surface area contributed by atoms with Gasteiger partial charge in [0, 0.05) is 0 Å². The van der Waals surface area contributed by atoms with Gasteiger partial charge in [0.25, 0.3) is 0 Å². The summed E-state index contributed by atoms with van der Waals surface area (Å²) in [5.41, 5.74) is 5.26. The van der Waals surface area contributed by atoms with Crippen LogP contribution in [-0.2, 0) is 0 Å². The van der Waals surface area contributed by atoms with Gasteiger partial charge in [-0.3, -0.25) is 0 Å². The first-order valence-electron chi connectivity index (χ1n) is 15.2. The molecule has 0 unspecified atom stereocenters. The fraction of sp³-hybridized carbons (Fsp3) is 0. The zero-order chi connectivity index (χ0) is 30.5. The molecule has 0 spiro atoms. The molecule has 1 nitrogen and oxygen atoms in total. The minimum absolute atomic E-state index is 0.250. The van der Waals surface area contributed by atoms with Crippen molar-refractivity contribution >= 4 is 47.9 Å². The van der Waals surface area contributed by atoms with Crippen molar-refractivity contribution in [3.05, 3.63) is 200 Å². The summed E-state index contributed by atoms with van der Waals surface area (Å²) in [5, 5.41) is 0. The monoisotopic (exact) mass is 643 g/mol. The molecule has 216 valence electrons. The second-order valence-electron chi connectivity index (χ2n) is 11.1. The Morgan fingerprint density at radius 2 is 0.622 bits per heavy atom. The van der Waals surface area contributed by atoms with E-state index in [1.807, 2.05) is 18.2 Å². The van der Waals surface area contributed by atoms with Crippen molar-refractivity contribution in [2.45, 2.75) is 0 Å². The third-order valence-electron chi connectivity index (χ3n) is 8.50. The van der Waals surface area contributed by atoms with Crippen LogP contribution in [-0.4, -0.2) is 13.3 Å². The summed E-state index contributed by atoms with van der Waals surface area (Å²) in [4.78, 5) is 2.19. The van der Waals surface area contributed by atoms with Gasteiger partial charge in [0.15, 0.2) is 0 Å². The summed E-state index contributed by atoms with van der Waals surface area (Å²) in [6, 6.07) is 67.8. The molecule has 0 bridgehead atoms. The van der Waals surface area contributed by atoms with E-state index in [1.165, 1.54) is 35.3 Å². The molecular weight excluding hydrogens is 610 g/mol. The first-order chi connectivity index (χ1) is 22.2. The Labute approximate surface area is 267 Å². The molecule has 0 aliphatic carbocycles. The van der Waals surface area contributed by atoms with Crippen LogP contribution < -0.4 is 22.5 Å². The van der Waals surface area contributed by atoms with Gasteiger partial charge in [0.05, 0.1) is 0 Å². The zero-order valence-corrected chi connectivity index (χ0v) is 26.9. The molecule has 0 aliphatic heterocycles. The van der Waals surface area contributed by atoms with Crippen LogP contribution in [0.15, 0.2) is 194 Å². The summed E-state index contributed by atoms with van der Waals surface area (Å²) in [5.74, 6) is -0.250. The van der Waals surface area contributed by atoms with Crippen LogP contribution in [0.4, 0.5) is 21.5 Å². The van der Waals surface area contributed by atoms with E-state index in [-0.39, 0.29) is 5.82 Å². The average Bonchev–Trinajstić information content (AvgIpc) is 3.12. The number of anilines is 3. The van der Waals surface area contributed by atoms with Crippen LogP contribution in [0.5, 0.6) is 0 Å². The Balaban J connectivity index is 1.38. The summed E-state index contributed by atoms with van der Waals surface area (Å²) >= 11 is -3.37. The molecule has 7 aromatic carbocycles. The van der Waals surface area contributed by atoms with Crippen molar-refractivity contribution in [3.63, 3.8) is 0 Å². The van der Waals surface area contributed by atoms with Gasteiger partial charge < -0.3 is 0 Å². The van der Waals surface area contributed by atoms with Gasteiger partial charge in [-0.25, -0.2) is 0 Å². The fourth-order valence-corrected chi connectivity index (χ4v) is 16.3. The molecule has 0 N–H and O–H groups in total. The molecule has 0 fully saturated rings. The van der Waals surface area contributed by atoms with Crippen molar-refractivity contribution in [3.8, 4) is 11.1 Å². The number of hydrogen-bond donors (Lipinski definition) is 0. The molecule has 0 heterocycles. The maximum absolute atomic E-state index is 14.1. The Hall–Kier alpha value is -5.19. The molecule has 0 atom stereocenters. The van der Waals surface area contributed by atoms with Crippen LogP contribution >= 0.6 is 0 Å². The summed E-state index contributed by atoms with van der Waals surface area (Å²) in [6.07, 6.45) is 0. The molecule has 45 heavy (non-hydrogen) atoms. The second kappa shape index (κ2) is 12.8. The van der Waals surface area contributed by atoms with Crippen molar-refractivity contribution in [2.24, 2.45) is 0 Å². The first kappa shape index (κ1) is 28.6. The molecule has 0 aromatic heterocycles. The molecule has 0 aliphatic rings. The van der Waals surface area contributed by atoms with E-state index < -0.39 is 13.3 Å². The van der Waals surface area contributed by atoms with E-state index in [0.29, 0.717) is 0 Å². The van der Waals surface area contributed by atoms with Gasteiger partial charge in [-0.1, -0.05) is 6.07 Å². The quantitative estimate of drug-likeness (QED) is 0.151. The topological polar surface area (TPSA) is 3.24 Å². The molecule has 0 radical (unpaired) electrons. The Morgan fingerprint density at radius 1 is 0.311 bits per heavy atom. The van der Waals surface area contributed by atoms with Gasteiger partial charge in [-0.2, -0.15) is 0 Å². The first-order valence-corrected chi connectivity index (χ1v) is 19.4. The van der Waals surface area contributed by atoms with Gasteiger partial charge >= 0.3 is 262 Å². The summed E-state index contributed by atoms with van der Waals surface area (Å²) < 4.78 is 19.6. The fourth-order valence-electron chi connectivity index (χ4n) is 6.40. The van der Waals surface area contributed by atoms with Gasteiger partial charge in [0.1, 0.15) is 0 Å². The van der Waals surface area contributed by atoms with Gasteiger partial charge in [0.2, 0.25) is 0 Å². The molecular formula is C42H32FGeN. The minimum atomic E-state index is -3.37. The summed E-state index contributed by atoms with van der Waals surface area (Å²) in [6.45, 7) is 0. The van der Waals surface area contributed by atoms with E-state index in [4.69, 9.17) is 0 Å². The van der Waals surface area contributed by atoms with Crippen LogP contribution in [0.25, 0.3) is 11.1 Å². The van der Waals surface area contributed by atoms with Crippen molar-refractivity contribution in [1.29, 1.82) is 0 Å². The molecule has 0 saturated heterocycles. The number of benzene rings is 7. The number of rotatable bonds is 8. The second-order valence-corrected chi connectivity index (χ2v) is 19.1. The van der Waals surface area contributed by atoms with E-state index in [1.54, 1.807) is 0 Å². The Morgan fingerprint density at radius 3 is 1.04 bits per heavy atom. The zero-order valence-electron chi connectivity index (χ0n) is 24.8. The predicted octanol–water partition coefficient (Wildman–Crippen LogP) is 8.34. The SMILES string of the molecule is Fc1ccc(N(c2ccc(-c3ccccc3)cc2)c2cc[c]([Ge]([c]3ccccc3)([c]3ccccc3)[c]3ccccc3)cc2)cc1. The molecule has 7 rings (SSSR count). The number of nitrogens with zero attached hydrogens (tertiary/aromatic N) is 1. The van der Waals surface area contributed by atoms with Crippen LogP contribution in [0, 0.1) is 5.82 Å². The molecule has 0 amide bonds. The van der Waals surface area contributed by atoms with Crippen LogP contribution in [0.1, 0.15) is 0 Å². The molecule has 0 saturated carbocycles. The third-order valence-corrected chi connectivity index (χ3v) is 18.6. The normalized spacial score (nSPS) is 11.2. The number of halogens is 1. The number of hydrogen-bond acceptors (Lipinski definition) is 1. The van der Waals surface area contributed by atoms with Crippen molar-refractivity contribution in [2.75, 3.05) is 4.90 Å². The van der Waals surface area contributed by atoms with Crippen LogP contribution in [0.3, 0.4) is 0 Å². The Bertz CT molecular complexity index is 1860. The van der Waals surface area contributed by atoms with E-state index >= 15 is 0 Å². The standard InChI is InChI=1S/C42H32FGeN/c43-35-23-29-41(30-24-35)45(40-27-21-34(22-28-40)33-13-5-1-6-14-33)42-31-25-39(26-32-42)44(36-15-7-2-8-16-36,37-17-9-3-10-18-37)38-19-11-4-12-20-38/h1-32H. The van der Waals surface area contributed by atoms with Crippen molar-refractivity contribution in [1.82, 2.24) is 0 Å². The third kappa shape index (κ3) is 5.61. The molecule has 3 heteroatoms.